The number of aromatic nitrogens is 3. The lowest BCUT2D eigenvalue weighted by molar-refractivity contribution is 0.781. The van der Waals surface area contributed by atoms with Crippen molar-refractivity contribution in [2.24, 2.45) is 0 Å². The fourth-order valence-electron chi connectivity index (χ4n) is 0.901. The van der Waals surface area contributed by atoms with Gasteiger partial charge in [-0.3, -0.25) is 0 Å². The Hall–Kier alpha value is -1.38. The van der Waals surface area contributed by atoms with Crippen LogP contribution in [0.4, 0.5) is 0 Å². The lowest BCUT2D eigenvalue weighted by atomic mass is 10.4. The third-order valence-electron chi connectivity index (χ3n) is 1.40. The van der Waals surface area contributed by atoms with Crippen molar-refractivity contribution >= 4 is 5.52 Å². The first-order valence-electron chi connectivity index (χ1n) is 4.14. The summed E-state index contributed by atoms with van der Waals surface area (Å²) in [7, 11) is 0. The van der Waals surface area contributed by atoms with Gasteiger partial charge in [0.2, 0.25) is 0 Å². The van der Waals surface area contributed by atoms with Gasteiger partial charge in [-0.25, -0.2) is 0 Å². The Labute approximate surface area is 72.0 Å². The Morgan fingerprint density at radius 3 is 2.67 bits per heavy atom. The van der Waals surface area contributed by atoms with Crippen molar-refractivity contribution < 1.29 is 0 Å². The van der Waals surface area contributed by atoms with Crippen LogP contribution in [0.2, 0.25) is 0 Å². The molecule has 2 aromatic heterocycles. The zero-order valence-electron chi connectivity index (χ0n) is 7.65. The lowest BCUT2D eigenvalue weighted by Gasteiger charge is -1.91. The summed E-state index contributed by atoms with van der Waals surface area (Å²) in [5.41, 5.74) is 2.02. The van der Waals surface area contributed by atoms with E-state index in [2.05, 4.69) is 10.2 Å². The molecule has 0 fully saturated rings. The van der Waals surface area contributed by atoms with E-state index in [1.165, 1.54) is 0 Å². The summed E-state index contributed by atoms with van der Waals surface area (Å²) in [6, 6.07) is 5.89. The quantitative estimate of drug-likeness (QED) is 0.595. The van der Waals surface area contributed by atoms with Gasteiger partial charge in [0.05, 0.1) is 17.4 Å². The van der Waals surface area contributed by atoms with Gasteiger partial charge in [-0.2, -0.15) is 14.8 Å². The minimum atomic E-state index is 0.983. The first-order valence-corrected chi connectivity index (χ1v) is 4.14. The minimum absolute atomic E-state index is 0.983. The molecule has 0 aromatic carbocycles. The van der Waals surface area contributed by atoms with Crippen LogP contribution < -0.4 is 0 Å². The van der Waals surface area contributed by atoms with Crippen molar-refractivity contribution in [1.29, 1.82) is 0 Å². The molecule has 0 aliphatic rings. The second-order valence-corrected chi connectivity index (χ2v) is 2.22. The number of hydrogen-bond acceptors (Lipinski definition) is 2. The molecular weight excluding hydrogens is 150 g/mol. The molecule has 3 nitrogen and oxygen atoms in total. The van der Waals surface area contributed by atoms with Crippen LogP contribution in [0, 0.1) is 6.92 Å². The van der Waals surface area contributed by atoms with Crippen molar-refractivity contribution in [3.05, 3.63) is 30.1 Å². The maximum absolute atomic E-state index is 4.14. The Bertz CT molecular complexity index is 351. The smallest absolute Gasteiger partial charge is 0.0873 e. The summed E-state index contributed by atoms with van der Waals surface area (Å²) in [6.07, 6.45) is 1.74. The average Bonchev–Trinajstić information content (AvgIpc) is 2.54. The molecule has 0 N–H and O–H groups in total. The highest BCUT2D eigenvalue weighted by atomic mass is 15.4. The van der Waals surface area contributed by atoms with Crippen LogP contribution in [0.25, 0.3) is 5.52 Å². The standard InChI is InChI=1S/C7H7N3.C2H6/c1-6-2-3-7-4-5-8-10(7)9-6;1-2/h2-5H,1H3;1-2H3. The van der Waals surface area contributed by atoms with E-state index < -0.39 is 0 Å². The van der Waals surface area contributed by atoms with Crippen LogP contribution in [-0.2, 0) is 0 Å². The molecule has 0 unspecified atom stereocenters. The highest BCUT2D eigenvalue weighted by Crippen LogP contribution is 1.99. The van der Waals surface area contributed by atoms with Crippen molar-refractivity contribution in [2.75, 3.05) is 0 Å². The molecule has 0 spiro atoms. The van der Waals surface area contributed by atoms with Gasteiger partial charge < -0.3 is 0 Å². The van der Waals surface area contributed by atoms with Gasteiger partial charge in [-0.1, -0.05) is 13.8 Å². The number of aryl methyl sites for hydroxylation is 1. The molecule has 64 valence electrons. The van der Waals surface area contributed by atoms with E-state index in [0.29, 0.717) is 0 Å². The number of rotatable bonds is 0. The highest BCUT2D eigenvalue weighted by Gasteiger charge is 1.91. The molecule has 0 aliphatic carbocycles. The molecule has 0 atom stereocenters. The van der Waals surface area contributed by atoms with E-state index in [1.54, 1.807) is 10.8 Å². The topological polar surface area (TPSA) is 30.2 Å². The van der Waals surface area contributed by atoms with Crippen molar-refractivity contribution in [3.63, 3.8) is 0 Å². The van der Waals surface area contributed by atoms with Crippen LogP contribution in [0.15, 0.2) is 24.4 Å². The first-order chi connectivity index (χ1) is 5.86. The first kappa shape index (κ1) is 8.71. The number of nitrogens with zero attached hydrogens (tertiary/aromatic N) is 3. The fourth-order valence-corrected chi connectivity index (χ4v) is 0.901. The minimum Gasteiger partial charge on any atom is -0.158 e. The predicted octanol–water partition coefficient (Wildman–Crippen LogP) is 2.06. The molecule has 2 heterocycles. The monoisotopic (exact) mass is 163 g/mol. The fraction of sp³-hybridized carbons (Fsp3) is 0.333. The van der Waals surface area contributed by atoms with E-state index >= 15 is 0 Å². The lowest BCUT2D eigenvalue weighted by Crippen LogP contribution is -1.93. The molecule has 12 heavy (non-hydrogen) atoms. The van der Waals surface area contributed by atoms with Gasteiger partial charge in [0.15, 0.2) is 0 Å². The molecule has 0 aliphatic heterocycles. The Morgan fingerprint density at radius 2 is 1.92 bits per heavy atom. The van der Waals surface area contributed by atoms with Crippen LogP contribution in [0.1, 0.15) is 19.5 Å². The summed E-state index contributed by atoms with van der Waals surface area (Å²) in [6.45, 7) is 5.95. The summed E-state index contributed by atoms with van der Waals surface area (Å²) in [5.74, 6) is 0. The average molecular weight is 163 g/mol. The van der Waals surface area contributed by atoms with Crippen LogP contribution in [0.3, 0.4) is 0 Å². The second-order valence-electron chi connectivity index (χ2n) is 2.22. The molecule has 0 saturated carbocycles. The second kappa shape index (κ2) is 3.85. The molecule has 0 radical (unpaired) electrons. The van der Waals surface area contributed by atoms with Gasteiger partial charge in [0.25, 0.3) is 0 Å². The van der Waals surface area contributed by atoms with Gasteiger partial charge in [-0.15, -0.1) is 0 Å². The van der Waals surface area contributed by atoms with Gasteiger partial charge in [0, 0.05) is 0 Å². The number of hydrogen-bond donors (Lipinski definition) is 0. The third kappa shape index (κ3) is 1.61. The SMILES string of the molecule is CC.Cc1ccc2ccnn2n1. The predicted molar refractivity (Wildman–Crippen MR) is 49.1 cm³/mol. The summed E-state index contributed by atoms with van der Waals surface area (Å²) in [5, 5.41) is 8.13. The molecule has 2 aromatic rings. The molecular formula is C9H13N3. The van der Waals surface area contributed by atoms with E-state index in [1.807, 2.05) is 39.0 Å². The van der Waals surface area contributed by atoms with Crippen LogP contribution in [-0.4, -0.2) is 14.8 Å². The zero-order valence-corrected chi connectivity index (χ0v) is 7.65. The molecule has 3 heteroatoms. The van der Waals surface area contributed by atoms with Gasteiger partial charge in [0.1, 0.15) is 0 Å². The highest BCUT2D eigenvalue weighted by molar-refractivity contribution is 5.43. The maximum atomic E-state index is 4.14. The van der Waals surface area contributed by atoms with E-state index in [9.17, 15) is 0 Å². The summed E-state index contributed by atoms with van der Waals surface area (Å²) in [4.78, 5) is 0. The van der Waals surface area contributed by atoms with E-state index in [4.69, 9.17) is 0 Å². The van der Waals surface area contributed by atoms with Gasteiger partial charge >= 0.3 is 0 Å². The van der Waals surface area contributed by atoms with E-state index in [-0.39, 0.29) is 0 Å². The summed E-state index contributed by atoms with van der Waals surface area (Å²) >= 11 is 0. The van der Waals surface area contributed by atoms with Crippen LogP contribution >= 0.6 is 0 Å². The largest absolute Gasteiger partial charge is 0.158 e. The molecule has 0 saturated heterocycles. The molecule has 0 amide bonds. The number of fused-ring (bicyclic) bond motifs is 1. The summed E-state index contributed by atoms with van der Waals surface area (Å²) < 4.78 is 1.62. The normalized spacial score (nSPS) is 9.25. The maximum Gasteiger partial charge on any atom is 0.0873 e. The van der Waals surface area contributed by atoms with Crippen molar-refractivity contribution in [2.45, 2.75) is 20.8 Å². The Balaban J connectivity index is 0.000000336. The van der Waals surface area contributed by atoms with Crippen LogP contribution in [0.5, 0.6) is 0 Å². The van der Waals surface area contributed by atoms with Gasteiger partial charge in [-0.05, 0) is 25.1 Å². The zero-order chi connectivity index (χ0) is 8.97. The third-order valence-corrected chi connectivity index (χ3v) is 1.40. The van der Waals surface area contributed by atoms with Crippen molar-refractivity contribution in [1.82, 2.24) is 14.8 Å². The van der Waals surface area contributed by atoms with Crippen molar-refractivity contribution in [3.8, 4) is 0 Å². The molecule has 0 bridgehead atoms. The Morgan fingerprint density at radius 1 is 1.17 bits per heavy atom. The van der Waals surface area contributed by atoms with E-state index in [0.717, 1.165) is 11.2 Å². The molecule has 2 rings (SSSR count). The Kier molecular flexibility index (Phi) is 2.80.